The third-order valence-electron chi connectivity index (χ3n) is 4.58. The van der Waals surface area contributed by atoms with E-state index < -0.39 is 0 Å². The topological polar surface area (TPSA) is 85.2 Å². The summed E-state index contributed by atoms with van der Waals surface area (Å²) in [5.74, 6) is 0.454. The summed E-state index contributed by atoms with van der Waals surface area (Å²) in [4.78, 5) is 30.7. The third-order valence-corrected chi connectivity index (χ3v) is 4.58. The Morgan fingerprint density at radius 3 is 2.73 bits per heavy atom. The van der Waals surface area contributed by atoms with Crippen molar-refractivity contribution in [1.29, 1.82) is 0 Å². The molecule has 26 heavy (non-hydrogen) atoms. The average Bonchev–Trinajstić information content (AvgIpc) is 2.98. The number of aryl methyl sites for hydroxylation is 1. The number of piperidine rings is 1. The van der Waals surface area contributed by atoms with Gasteiger partial charge < -0.3 is 19.7 Å². The molecule has 2 amide bonds. The van der Waals surface area contributed by atoms with Crippen LogP contribution in [-0.2, 0) is 4.74 Å². The van der Waals surface area contributed by atoms with Crippen molar-refractivity contribution in [1.82, 2.24) is 19.6 Å². The van der Waals surface area contributed by atoms with Crippen molar-refractivity contribution in [3.63, 3.8) is 0 Å². The highest BCUT2D eigenvalue weighted by molar-refractivity contribution is 5.95. The van der Waals surface area contributed by atoms with Gasteiger partial charge in [-0.1, -0.05) is 0 Å². The normalized spacial score (nSPS) is 15.1. The van der Waals surface area contributed by atoms with Gasteiger partial charge in [-0.2, -0.15) is 0 Å². The number of nitrogens with zero attached hydrogens (tertiary/aromatic N) is 3. The summed E-state index contributed by atoms with van der Waals surface area (Å²) >= 11 is 0. The lowest BCUT2D eigenvalue weighted by molar-refractivity contribution is 0.0855. The van der Waals surface area contributed by atoms with E-state index in [1.807, 2.05) is 19.1 Å². The number of methoxy groups -OCH3 is 1. The minimum Gasteiger partial charge on any atom is -0.493 e. The number of ether oxygens (including phenoxy) is 2. The van der Waals surface area contributed by atoms with Gasteiger partial charge >= 0.3 is 6.09 Å². The largest absolute Gasteiger partial charge is 0.493 e. The van der Waals surface area contributed by atoms with Crippen LogP contribution in [0.4, 0.5) is 4.79 Å². The molecule has 0 atom stereocenters. The summed E-state index contributed by atoms with van der Waals surface area (Å²) in [7, 11) is 1.58. The lowest BCUT2D eigenvalue weighted by Crippen LogP contribution is -2.47. The maximum atomic E-state index is 12.8. The van der Waals surface area contributed by atoms with Gasteiger partial charge in [0.1, 0.15) is 5.69 Å². The summed E-state index contributed by atoms with van der Waals surface area (Å²) in [6.07, 6.45) is 2.91. The molecular formula is C18H24N4O4. The van der Waals surface area contributed by atoms with E-state index in [1.54, 1.807) is 29.5 Å². The Kier molecular flexibility index (Phi) is 5.29. The van der Waals surface area contributed by atoms with E-state index in [-0.39, 0.29) is 18.0 Å². The van der Waals surface area contributed by atoms with Crippen LogP contribution in [0.5, 0.6) is 5.75 Å². The molecule has 0 bridgehead atoms. The number of rotatable bonds is 4. The summed E-state index contributed by atoms with van der Waals surface area (Å²) in [6.45, 7) is 5.11. The molecule has 0 unspecified atom stereocenters. The second-order valence-electron chi connectivity index (χ2n) is 6.25. The van der Waals surface area contributed by atoms with Gasteiger partial charge in [-0.25, -0.2) is 9.78 Å². The number of hydrogen-bond acceptors (Lipinski definition) is 5. The second kappa shape index (κ2) is 7.63. The van der Waals surface area contributed by atoms with E-state index in [0.717, 1.165) is 0 Å². The zero-order chi connectivity index (χ0) is 18.7. The van der Waals surface area contributed by atoms with Crippen molar-refractivity contribution in [2.24, 2.45) is 0 Å². The summed E-state index contributed by atoms with van der Waals surface area (Å²) < 4.78 is 12.1. The van der Waals surface area contributed by atoms with Crippen LogP contribution in [-0.4, -0.2) is 59.1 Å². The van der Waals surface area contributed by atoms with Crippen LogP contribution in [0, 0.1) is 6.92 Å². The minimum atomic E-state index is -0.290. The molecule has 0 radical (unpaired) electrons. The van der Waals surface area contributed by atoms with E-state index in [2.05, 4.69) is 10.3 Å². The molecule has 0 aliphatic carbocycles. The Labute approximate surface area is 152 Å². The van der Waals surface area contributed by atoms with Crippen molar-refractivity contribution in [2.45, 2.75) is 32.7 Å². The number of likely N-dealkylation sites (tertiary alicyclic amines) is 1. The van der Waals surface area contributed by atoms with Crippen LogP contribution in [0.25, 0.3) is 5.65 Å². The predicted octanol–water partition coefficient (Wildman–Crippen LogP) is 2.00. The first kappa shape index (κ1) is 18.0. The molecule has 1 fully saturated rings. The number of hydrogen-bond donors (Lipinski definition) is 1. The van der Waals surface area contributed by atoms with Gasteiger partial charge in [-0.3, -0.25) is 9.20 Å². The number of nitrogens with one attached hydrogen (secondary N) is 1. The van der Waals surface area contributed by atoms with Gasteiger partial charge in [0.25, 0.3) is 5.91 Å². The Morgan fingerprint density at radius 2 is 2.08 bits per heavy atom. The summed E-state index contributed by atoms with van der Waals surface area (Å²) in [5.41, 5.74) is 1.78. The van der Waals surface area contributed by atoms with E-state index in [0.29, 0.717) is 55.3 Å². The van der Waals surface area contributed by atoms with Crippen LogP contribution in [0.2, 0.25) is 0 Å². The molecule has 140 valence electrons. The van der Waals surface area contributed by atoms with Crippen molar-refractivity contribution in [3.05, 3.63) is 29.7 Å². The molecule has 3 rings (SSSR count). The fraction of sp³-hybridized carbons (Fsp3) is 0.500. The Bertz CT molecular complexity index is 809. The Morgan fingerprint density at radius 1 is 1.35 bits per heavy atom. The van der Waals surface area contributed by atoms with Crippen LogP contribution in [0.15, 0.2) is 18.3 Å². The first-order valence-corrected chi connectivity index (χ1v) is 8.79. The standard InChI is InChI=1S/C18H24N4O4/c1-4-26-18(24)21-10-7-13(8-11-21)20-17(23)15-12(2)19-16-14(25-3)6-5-9-22(15)16/h5-6,9,13H,4,7-8,10-11H2,1-3H3,(H,20,23). The first-order valence-electron chi connectivity index (χ1n) is 8.79. The van der Waals surface area contributed by atoms with Crippen molar-refractivity contribution < 1.29 is 19.1 Å². The smallest absolute Gasteiger partial charge is 0.409 e. The molecule has 8 nitrogen and oxygen atoms in total. The lowest BCUT2D eigenvalue weighted by atomic mass is 10.1. The van der Waals surface area contributed by atoms with Gasteiger partial charge in [0.2, 0.25) is 0 Å². The van der Waals surface area contributed by atoms with Crippen LogP contribution >= 0.6 is 0 Å². The number of carbonyl (C=O) groups is 2. The summed E-state index contributed by atoms with van der Waals surface area (Å²) in [5, 5.41) is 3.06. The highest BCUT2D eigenvalue weighted by Crippen LogP contribution is 2.22. The van der Waals surface area contributed by atoms with Gasteiger partial charge in [-0.05, 0) is 38.8 Å². The Hall–Kier alpha value is -2.77. The monoisotopic (exact) mass is 360 g/mol. The molecule has 2 aromatic rings. The highest BCUT2D eigenvalue weighted by Gasteiger charge is 2.26. The molecule has 1 aliphatic rings. The zero-order valence-corrected chi connectivity index (χ0v) is 15.3. The maximum Gasteiger partial charge on any atom is 0.409 e. The van der Waals surface area contributed by atoms with Crippen molar-refractivity contribution in [2.75, 3.05) is 26.8 Å². The zero-order valence-electron chi connectivity index (χ0n) is 15.3. The molecule has 1 N–H and O–H groups in total. The quantitative estimate of drug-likeness (QED) is 0.901. The SMILES string of the molecule is CCOC(=O)N1CCC(NC(=O)c2c(C)nc3c(OC)cccn23)CC1. The highest BCUT2D eigenvalue weighted by atomic mass is 16.6. The number of aromatic nitrogens is 2. The van der Waals surface area contributed by atoms with E-state index in [9.17, 15) is 9.59 Å². The van der Waals surface area contributed by atoms with Crippen molar-refractivity contribution >= 4 is 17.6 Å². The molecular weight excluding hydrogens is 336 g/mol. The predicted molar refractivity (Wildman–Crippen MR) is 95.6 cm³/mol. The second-order valence-corrected chi connectivity index (χ2v) is 6.25. The molecule has 8 heteroatoms. The van der Waals surface area contributed by atoms with Crippen LogP contribution in [0.1, 0.15) is 35.9 Å². The molecule has 1 saturated heterocycles. The fourth-order valence-corrected chi connectivity index (χ4v) is 3.26. The Balaban J connectivity index is 1.69. The van der Waals surface area contributed by atoms with E-state index >= 15 is 0 Å². The number of carbonyl (C=O) groups excluding carboxylic acids is 2. The summed E-state index contributed by atoms with van der Waals surface area (Å²) in [6, 6.07) is 3.65. The molecule has 0 aromatic carbocycles. The molecule has 0 saturated carbocycles. The van der Waals surface area contributed by atoms with Crippen LogP contribution < -0.4 is 10.1 Å². The van der Waals surface area contributed by atoms with Gasteiger partial charge in [0, 0.05) is 25.3 Å². The van der Waals surface area contributed by atoms with E-state index in [4.69, 9.17) is 9.47 Å². The van der Waals surface area contributed by atoms with E-state index in [1.165, 1.54) is 0 Å². The first-order chi connectivity index (χ1) is 12.5. The lowest BCUT2D eigenvalue weighted by Gasteiger charge is -2.31. The average molecular weight is 360 g/mol. The number of fused-ring (bicyclic) bond motifs is 1. The van der Waals surface area contributed by atoms with Crippen LogP contribution in [0.3, 0.4) is 0 Å². The van der Waals surface area contributed by atoms with Gasteiger partial charge in [0.15, 0.2) is 11.4 Å². The molecule has 3 heterocycles. The maximum absolute atomic E-state index is 12.8. The van der Waals surface area contributed by atoms with Crippen molar-refractivity contribution in [3.8, 4) is 5.75 Å². The molecule has 1 aliphatic heterocycles. The van der Waals surface area contributed by atoms with Gasteiger partial charge in [0.05, 0.1) is 19.4 Å². The number of imidazole rings is 1. The number of pyridine rings is 1. The molecule has 2 aromatic heterocycles. The molecule has 0 spiro atoms. The number of amides is 2. The van der Waals surface area contributed by atoms with Gasteiger partial charge in [-0.15, -0.1) is 0 Å². The third kappa shape index (κ3) is 3.44. The fourth-order valence-electron chi connectivity index (χ4n) is 3.26. The minimum absolute atomic E-state index is 0.0173.